The van der Waals surface area contributed by atoms with Crippen LogP contribution in [0.15, 0.2) is 59.1 Å². The van der Waals surface area contributed by atoms with Crippen molar-refractivity contribution in [2.24, 2.45) is 0 Å². The number of benzene rings is 2. The fraction of sp³-hybridized carbons (Fsp3) is 0.360. The zero-order valence-corrected chi connectivity index (χ0v) is 18.5. The molecule has 168 valence electrons. The summed E-state index contributed by atoms with van der Waals surface area (Å²) in [6.45, 7) is 3.20. The van der Waals surface area contributed by atoms with E-state index in [9.17, 15) is 4.79 Å². The summed E-state index contributed by atoms with van der Waals surface area (Å²) in [5.74, 6) is 1.90. The Bertz CT molecular complexity index is 1030. The average molecular weight is 436 g/mol. The Morgan fingerprint density at radius 3 is 2.69 bits per heavy atom. The number of amides is 1. The molecule has 1 aliphatic rings. The largest absolute Gasteiger partial charge is 0.497 e. The monoisotopic (exact) mass is 435 g/mol. The van der Waals surface area contributed by atoms with Crippen molar-refractivity contribution in [1.29, 1.82) is 0 Å². The minimum atomic E-state index is -0.261. The zero-order valence-electron chi connectivity index (χ0n) is 18.5. The Labute approximate surface area is 188 Å². The van der Waals surface area contributed by atoms with Crippen LogP contribution >= 0.6 is 0 Å². The number of aromatic nitrogens is 1. The molecular formula is C25H29N3O4. The third-order valence-corrected chi connectivity index (χ3v) is 5.83. The Kier molecular flexibility index (Phi) is 7.07. The Hall–Kier alpha value is -3.32. The molecule has 1 N–H and O–H groups in total. The van der Waals surface area contributed by atoms with Crippen molar-refractivity contribution >= 4 is 5.91 Å². The van der Waals surface area contributed by atoms with Crippen LogP contribution in [0.2, 0.25) is 0 Å². The minimum absolute atomic E-state index is 0.249. The minimum Gasteiger partial charge on any atom is -0.497 e. The summed E-state index contributed by atoms with van der Waals surface area (Å²) in [7, 11) is 3.31. The third kappa shape index (κ3) is 5.48. The van der Waals surface area contributed by atoms with E-state index in [-0.39, 0.29) is 17.6 Å². The van der Waals surface area contributed by atoms with Crippen LogP contribution in [-0.2, 0) is 13.1 Å². The van der Waals surface area contributed by atoms with Gasteiger partial charge in [0.1, 0.15) is 11.5 Å². The second-order valence-corrected chi connectivity index (χ2v) is 8.07. The maximum Gasteiger partial charge on any atom is 0.290 e. The Morgan fingerprint density at radius 1 is 1.09 bits per heavy atom. The fourth-order valence-corrected chi connectivity index (χ4v) is 4.07. The first kappa shape index (κ1) is 21.9. The van der Waals surface area contributed by atoms with Gasteiger partial charge >= 0.3 is 0 Å². The van der Waals surface area contributed by atoms with E-state index in [4.69, 9.17) is 14.0 Å². The maximum atomic E-state index is 12.5. The van der Waals surface area contributed by atoms with Gasteiger partial charge in [0, 0.05) is 31.6 Å². The number of carbonyl (C=O) groups is 1. The topological polar surface area (TPSA) is 76.8 Å². The summed E-state index contributed by atoms with van der Waals surface area (Å²) < 4.78 is 15.9. The highest BCUT2D eigenvalue weighted by atomic mass is 16.5. The van der Waals surface area contributed by atoms with Crippen LogP contribution in [0.4, 0.5) is 0 Å². The van der Waals surface area contributed by atoms with Crippen molar-refractivity contribution in [1.82, 2.24) is 15.4 Å². The third-order valence-electron chi connectivity index (χ3n) is 5.83. The predicted molar refractivity (Wildman–Crippen MR) is 121 cm³/mol. The molecule has 7 heteroatoms. The molecule has 1 amide bonds. The molecule has 7 nitrogen and oxygen atoms in total. The first-order valence-electron chi connectivity index (χ1n) is 10.9. The molecule has 3 aromatic rings. The molecule has 32 heavy (non-hydrogen) atoms. The molecular weight excluding hydrogens is 406 g/mol. The highest BCUT2D eigenvalue weighted by molar-refractivity contribution is 5.91. The summed E-state index contributed by atoms with van der Waals surface area (Å²) in [5, 5.41) is 7.09. The predicted octanol–water partition coefficient (Wildman–Crippen LogP) is 4.00. The van der Waals surface area contributed by atoms with Crippen LogP contribution in [0.3, 0.4) is 0 Å². The molecule has 1 aromatic heterocycles. The van der Waals surface area contributed by atoms with Gasteiger partial charge in [0.05, 0.1) is 19.9 Å². The lowest BCUT2D eigenvalue weighted by Crippen LogP contribution is -2.34. The number of nitrogens with zero attached hydrogens (tertiary/aromatic N) is 2. The number of nitrogens with one attached hydrogen (secondary N) is 1. The van der Waals surface area contributed by atoms with E-state index in [1.54, 1.807) is 20.3 Å². The van der Waals surface area contributed by atoms with E-state index >= 15 is 0 Å². The lowest BCUT2D eigenvalue weighted by molar-refractivity contribution is 0.0913. The summed E-state index contributed by atoms with van der Waals surface area (Å²) in [6, 6.07) is 17.5. The van der Waals surface area contributed by atoms with Gasteiger partial charge < -0.3 is 19.3 Å². The molecule has 0 saturated carbocycles. The molecule has 0 unspecified atom stereocenters. The number of piperidine rings is 1. The number of likely N-dealkylation sites (tertiary alicyclic amines) is 1. The number of methoxy groups -OCH3 is 2. The maximum absolute atomic E-state index is 12.5. The van der Waals surface area contributed by atoms with Crippen LogP contribution < -0.4 is 14.8 Å². The van der Waals surface area contributed by atoms with Gasteiger partial charge in [-0.3, -0.25) is 9.69 Å². The molecule has 0 spiro atoms. The molecule has 1 saturated heterocycles. The SMILES string of the molecule is COc1ccc(CNC(=O)c2cc([C@H]3CCCN(Cc4cccc(OC)c4)C3)no2)cc1. The smallest absolute Gasteiger partial charge is 0.290 e. The van der Waals surface area contributed by atoms with E-state index in [1.165, 1.54) is 5.56 Å². The van der Waals surface area contributed by atoms with Gasteiger partial charge in [0.25, 0.3) is 5.91 Å². The molecule has 2 aromatic carbocycles. The highest BCUT2D eigenvalue weighted by Crippen LogP contribution is 2.28. The zero-order chi connectivity index (χ0) is 22.3. The van der Waals surface area contributed by atoms with E-state index in [0.29, 0.717) is 6.54 Å². The summed E-state index contributed by atoms with van der Waals surface area (Å²) in [5.41, 5.74) is 3.05. The van der Waals surface area contributed by atoms with Gasteiger partial charge in [-0.05, 0) is 54.8 Å². The molecule has 4 rings (SSSR count). The number of carbonyl (C=O) groups excluding carboxylic acids is 1. The lowest BCUT2D eigenvalue weighted by atomic mass is 9.94. The van der Waals surface area contributed by atoms with E-state index < -0.39 is 0 Å². The molecule has 1 aliphatic heterocycles. The lowest BCUT2D eigenvalue weighted by Gasteiger charge is -2.31. The molecule has 0 aliphatic carbocycles. The summed E-state index contributed by atoms with van der Waals surface area (Å²) in [6.07, 6.45) is 2.12. The number of hydrogen-bond donors (Lipinski definition) is 1. The fourth-order valence-electron chi connectivity index (χ4n) is 4.07. The number of ether oxygens (including phenoxy) is 2. The van der Waals surface area contributed by atoms with Crippen LogP contribution in [0.1, 0.15) is 46.1 Å². The summed E-state index contributed by atoms with van der Waals surface area (Å²) >= 11 is 0. The van der Waals surface area contributed by atoms with Crippen molar-refractivity contribution in [2.75, 3.05) is 27.3 Å². The van der Waals surface area contributed by atoms with Gasteiger partial charge in [-0.15, -0.1) is 0 Å². The van der Waals surface area contributed by atoms with Gasteiger partial charge in [0.2, 0.25) is 5.76 Å². The van der Waals surface area contributed by atoms with Gasteiger partial charge in [-0.2, -0.15) is 0 Å². The normalized spacial score (nSPS) is 16.5. The molecule has 2 heterocycles. The van der Waals surface area contributed by atoms with Crippen molar-refractivity contribution < 1.29 is 18.8 Å². The van der Waals surface area contributed by atoms with Gasteiger partial charge in [-0.1, -0.05) is 29.4 Å². The Balaban J connectivity index is 1.33. The summed E-state index contributed by atoms with van der Waals surface area (Å²) in [4.78, 5) is 14.9. The first-order chi connectivity index (χ1) is 15.6. The van der Waals surface area contributed by atoms with Crippen LogP contribution in [0, 0.1) is 0 Å². The average Bonchev–Trinajstić information content (AvgIpc) is 3.34. The highest BCUT2D eigenvalue weighted by Gasteiger charge is 2.25. The quantitative estimate of drug-likeness (QED) is 0.576. The number of rotatable bonds is 8. The van der Waals surface area contributed by atoms with Crippen LogP contribution in [-0.4, -0.2) is 43.3 Å². The first-order valence-corrected chi connectivity index (χ1v) is 10.9. The van der Waals surface area contributed by atoms with E-state index in [1.807, 2.05) is 36.4 Å². The molecule has 1 atom stereocenters. The molecule has 0 radical (unpaired) electrons. The number of hydrogen-bond acceptors (Lipinski definition) is 6. The van der Waals surface area contributed by atoms with Gasteiger partial charge in [0.15, 0.2) is 0 Å². The van der Waals surface area contributed by atoms with Crippen molar-refractivity contribution in [3.8, 4) is 11.5 Å². The van der Waals surface area contributed by atoms with Crippen LogP contribution in [0.25, 0.3) is 0 Å². The van der Waals surface area contributed by atoms with E-state index in [0.717, 1.165) is 55.2 Å². The van der Waals surface area contributed by atoms with Crippen molar-refractivity contribution in [3.05, 3.63) is 77.2 Å². The Morgan fingerprint density at radius 2 is 1.91 bits per heavy atom. The standard InChI is InChI=1S/C25H29N3O4/c1-30-21-10-8-18(9-11-21)15-26-25(29)24-14-23(27-32-24)20-6-4-12-28(17-20)16-19-5-3-7-22(13-19)31-2/h3,5,7-11,13-14,20H,4,6,12,15-17H2,1-2H3,(H,26,29)/t20-/m0/s1. The molecule has 1 fully saturated rings. The second-order valence-electron chi connectivity index (χ2n) is 8.07. The molecule has 0 bridgehead atoms. The van der Waals surface area contributed by atoms with Crippen molar-refractivity contribution in [3.63, 3.8) is 0 Å². The van der Waals surface area contributed by atoms with Gasteiger partial charge in [-0.25, -0.2) is 0 Å². The second kappa shape index (κ2) is 10.3. The van der Waals surface area contributed by atoms with Crippen LogP contribution in [0.5, 0.6) is 11.5 Å². The van der Waals surface area contributed by atoms with E-state index in [2.05, 4.69) is 27.5 Å². The van der Waals surface area contributed by atoms with Crippen molar-refractivity contribution in [2.45, 2.75) is 31.8 Å².